The second-order valence-electron chi connectivity index (χ2n) is 4.55. The Labute approximate surface area is 121 Å². The highest BCUT2D eigenvalue weighted by Gasteiger charge is 2.09. The van der Waals surface area contributed by atoms with Crippen LogP contribution in [0.2, 0.25) is 0 Å². The van der Waals surface area contributed by atoms with Gasteiger partial charge in [-0.1, -0.05) is 12.1 Å². The zero-order valence-corrected chi connectivity index (χ0v) is 11.5. The normalized spacial score (nSPS) is 11.1. The molecule has 0 unspecified atom stereocenters. The third-order valence-corrected chi connectivity index (χ3v) is 3.53. The number of pyridine rings is 1. The quantitative estimate of drug-likeness (QED) is 0.688. The highest BCUT2D eigenvalue weighted by atomic mass is 35.5. The van der Waals surface area contributed by atoms with Crippen LogP contribution in [0.4, 0.5) is 4.39 Å². The maximum Gasteiger partial charge on any atom is 0.124 e. The molecule has 5 heteroatoms. The van der Waals surface area contributed by atoms with Gasteiger partial charge in [0.2, 0.25) is 0 Å². The Kier molecular flexibility index (Phi) is 3.65. The first-order valence-corrected chi connectivity index (χ1v) is 6.91. The number of halogens is 2. The molecule has 2 heterocycles. The first kappa shape index (κ1) is 13.1. The number of alkyl halides is 1. The summed E-state index contributed by atoms with van der Waals surface area (Å²) < 4.78 is 15.0. The maximum atomic E-state index is 12.9. The van der Waals surface area contributed by atoms with Gasteiger partial charge < -0.3 is 4.57 Å². The van der Waals surface area contributed by atoms with E-state index in [1.165, 1.54) is 12.1 Å². The van der Waals surface area contributed by atoms with E-state index in [-0.39, 0.29) is 5.82 Å². The van der Waals surface area contributed by atoms with Crippen molar-refractivity contribution >= 4 is 22.6 Å². The Balaban J connectivity index is 1.88. The number of aryl methyl sites for hydroxylation is 2. The van der Waals surface area contributed by atoms with Crippen molar-refractivity contribution in [2.45, 2.75) is 18.8 Å². The first-order chi connectivity index (χ1) is 9.78. The average molecular weight is 290 g/mol. The lowest BCUT2D eigenvalue weighted by atomic mass is 10.1. The zero-order chi connectivity index (χ0) is 13.9. The van der Waals surface area contributed by atoms with E-state index in [0.29, 0.717) is 5.88 Å². The number of rotatable bonds is 4. The van der Waals surface area contributed by atoms with Crippen molar-refractivity contribution in [2.24, 2.45) is 0 Å². The predicted molar refractivity (Wildman–Crippen MR) is 77.2 cm³/mol. The molecule has 0 saturated carbocycles. The van der Waals surface area contributed by atoms with E-state index in [0.717, 1.165) is 35.4 Å². The number of hydrogen-bond donors (Lipinski definition) is 0. The van der Waals surface area contributed by atoms with Crippen LogP contribution in [0.25, 0.3) is 11.0 Å². The fourth-order valence-corrected chi connectivity index (χ4v) is 2.48. The molecule has 0 spiro atoms. The van der Waals surface area contributed by atoms with Crippen LogP contribution < -0.4 is 0 Å². The molecule has 0 aliphatic heterocycles. The molecule has 0 saturated heterocycles. The Bertz CT molecular complexity index is 722. The molecule has 102 valence electrons. The number of benzene rings is 1. The van der Waals surface area contributed by atoms with Crippen LogP contribution in [0.3, 0.4) is 0 Å². The van der Waals surface area contributed by atoms with Gasteiger partial charge in [-0.25, -0.2) is 9.37 Å². The summed E-state index contributed by atoms with van der Waals surface area (Å²) in [5, 5.41) is 0. The summed E-state index contributed by atoms with van der Waals surface area (Å²) >= 11 is 5.95. The molecule has 0 amide bonds. The molecule has 3 aromatic rings. The van der Waals surface area contributed by atoms with Gasteiger partial charge in [0.15, 0.2) is 0 Å². The minimum atomic E-state index is -0.214. The van der Waals surface area contributed by atoms with Gasteiger partial charge in [-0.2, -0.15) is 0 Å². The van der Waals surface area contributed by atoms with Crippen molar-refractivity contribution in [1.29, 1.82) is 0 Å². The summed E-state index contributed by atoms with van der Waals surface area (Å²) in [6.45, 7) is 0.758. The third-order valence-electron chi connectivity index (χ3n) is 3.29. The molecule has 0 N–H and O–H groups in total. The molecule has 3 nitrogen and oxygen atoms in total. The van der Waals surface area contributed by atoms with E-state index < -0.39 is 0 Å². The topological polar surface area (TPSA) is 30.7 Å². The standard InChI is InChI=1S/C15H13ClFN3/c16-9-15-19-13-10-18-7-5-14(13)20(15)8-6-11-1-3-12(17)4-2-11/h1-5,7,10H,6,8-9H2. The minimum Gasteiger partial charge on any atom is -0.327 e. The predicted octanol–water partition coefficient (Wildman–Crippen LogP) is 3.55. The van der Waals surface area contributed by atoms with E-state index in [1.807, 2.05) is 6.07 Å². The SMILES string of the molecule is Fc1ccc(CCn2c(CCl)nc3cnccc32)cc1. The Morgan fingerprint density at radius 1 is 1.15 bits per heavy atom. The molecule has 2 aromatic heterocycles. The Hall–Kier alpha value is -1.94. The van der Waals surface area contributed by atoms with Gasteiger partial charge in [-0.05, 0) is 30.2 Å². The van der Waals surface area contributed by atoms with E-state index in [9.17, 15) is 4.39 Å². The Morgan fingerprint density at radius 2 is 1.95 bits per heavy atom. The molecule has 0 aliphatic rings. The van der Waals surface area contributed by atoms with Crippen LogP contribution in [-0.2, 0) is 18.8 Å². The lowest BCUT2D eigenvalue weighted by Crippen LogP contribution is -2.05. The number of nitrogens with zero attached hydrogens (tertiary/aromatic N) is 3. The molecule has 0 bridgehead atoms. The summed E-state index contributed by atoms with van der Waals surface area (Å²) in [6.07, 6.45) is 4.29. The van der Waals surface area contributed by atoms with Crippen LogP contribution in [0.1, 0.15) is 11.4 Å². The van der Waals surface area contributed by atoms with Crippen molar-refractivity contribution in [3.05, 3.63) is 59.9 Å². The van der Waals surface area contributed by atoms with E-state index >= 15 is 0 Å². The minimum absolute atomic E-state index is 0.214. The van der Waals surface area contributed by atoms with Gasteiger partial charge in [0, 0.05) is 12.7 Å². The van der Waals surface area contributed by atoms with Gasteiger partial charge in [0.25, 0.3) is 0 Å². The molecular weight excluding hydrogens is 277 g/mol. The van der Waals surface area contributed by atoms with E-state index in [1.54, 1.807) is 24.5 Å². The smallest absolute Gasteiger partial charge is 0.124 e. The number of aromatic nitrogens is 3. The summed E-state index contributed by atoms with van der Waals surface area (Å²) in [4.78, 5) is 8.54. The molecule has 20 heavy (non-hydrogen) atoms. The molecule has 0 atom stereocenters. The fraction of sp³-hybridized carbons (Fsp3) is 0.200. The van der Waals surface area contributed by atoms with Crippen LogP contribution in [-0.4, -0.2) is 14.5 Å². The van der Waals surface area contributed by atoms with Crippen molar-refractivity contribution in [2.75, 3.05) is 0 Å². The molecule has 3 rings (SSSR count). The molecule has 1 aromatic carbocycles. The second-order valence-corrected chi connectivity index (χ2v) is 4.82. The molecule has 0 fully saturated rings. The highest BCUT2D eigenvalue weighted by molar-refractivity contribution is 6.16. The maximum absolute atomic E-state index is 12.9. The van der Waals surface area contributed by atoms with Crippen LogP contribution in [0.5, 0.6) is 0 Å². The van der Waals surface area contributed by atoms with Gasteiger partial charge in [0.05, 0.1) is 17.6 Å². The van der Waals surface area contributed by atoms with E-state index in [2.05, 4.69) is 14.5 Å². The first-order valence-electron chi connectivity index (χ1n) is 6.37. The van der Waals surface area contributed by atoms with Gasteiger partial charge >= 0.3 is 0 Å². The largest absolute Gasteiger partial charge is 0.327 e. The number of fused-ring (bicyclic) bond motifs is 1. The van der Waals surface area contributed by atoms with E-state index in [4.69, 9.17) is 11.6 Å². The molecule has 0 aliphatic carbocycles. The monoisotopic (exact) mass is 289 g/mol. The summed E-state index contributed by atoms with van der Waals surface area (Å²) in [6, 6.07) is 8.50. The number of imidazole rings is 1. The van der Waals surface area contributed by atoms with Gasteiger partial charge in [0.1, 0.15) is 17.2 Å². The second kappa shape index (κ2) is 5.59. The van der Waals surface area contributed by atoms with Crippen LogP contribution in [0.15, 0.2) is 42.7 Å². The van der Waals surface area contributed by atoms with Crippen LogP contribution in [0, 0.1) is 5.82 Å². The summed E-state index contributed by atoms with van der Waals surface area (Å²) in [5.41, 5.74) is 2.96. The van der Waals surface area contributed by atoms with Crippen molar-refractivity contribution in [1.82, 2.24) is 14.5 Å². The van der Waals surface area contributed by atoms with Crippen molar-refractivity contribution in [3.63, 3.8) is 0 Å². The van der Waals surface area contributed by atoms with Gasteiger partial charge in [-0.3, -0.25) is 4.98 Å². The van der Waals surface area contributed by atoms with Gasteiger partial charge in [-0.15, -0.1) is 11.6 Å². The lowest BCUT2D eigenvalue weighted by molar-refractivity contribution is 0.625. The van der Waals surface area contributed by atoms with Crippen molar-refractivity contribution in [3.8, 4) is 0 Å². The highest BCUT2D eigenvalue weighted by Crippen LogP contribution is 2.17. The fourth-order valence-electron chi connectivity index (χ4n) is 2.28. The lowest BCUT2D eigenvalue weighted by Gasteiger charge is -2.07. The van der Waals surface area contributed by atoms with Crippen molar-refractivity contribution < 1.29 is 4.39 Å². The molecule has 0 radical (unpaired) electrons. The zero-order valence-electron chi connectivity index (χ0n) is 10.8. The third kappa shape index (κ3) is 2.51. The summed E-state index contributed by atoms with van der Waals surface area (Å²) in [7, 11) is 0. The molecular formula is C15H13ClFN3. The summed E-state index contributed by atoms with van der Waals surface area (Å²) in [5.74, 6) is 0.976. The number of hydrogen-bond acceptors (Lipinski definition) is 2. The average Bonchev–Trinajstić information content (AvgIpc) is 2.84. The van der Waals surface area contributed by atoms with Crippen LogP contribution >= 0.6 is 11.6 Å². The Morgan fingerprint density at radius 3 is 2.70 bits per heavy atom.